The van der Waals surface area contributed by atoms with Crippen LogP contribution in [-0.4, -0.2) is 37.4 Å². The normalized spacial score (nSPS) is 9.72. The van der Waals surface area contributed by atoms with Crippen molar-refractivity contribution < 1.29 is 9.59 Å². The number of rotatable bonds is 4. The topological polar surface area (TPSA) is 49.4 Å². The van der Waals surface area contributed by atoms with E-state index < -0.39 is 0 Å². The largest absolute Gasteiger partial charge is 0.345 e. The molecule has 0 saturated carbocycles. The second-order valence-electron chi connectivity index (χ2n) is 5.62. The van der Waals surface area contributed by atoms with Gasteiger partial charge in [0, 0.05) is 30.2 Å². The number of carbonyl (C=O) groups excluding carboxylic acids is 2. The van der Waals surface area contributed by atoms with Crippen LogP contribution in [0.2, 0.25) is 5.02 Å². The number of carbonyl (C=O) groups is 2. The molecule has 5 heteroatoms. The summed E-state index contributed by atoms with van der Waals surface area (Å²) < 4.78 is 0. The van der Waals surface area contributed by atoms with Gasteiger partial charge in [0.05, 0.1) is 13.0 Å². The average Bonchev–Trinajstić information content (AvgIpc) is 2.60. The molecule has 25 heavy (non-hydrogen) atoms. The highest BCUT2D eigenvalue weighted by Crippen LogP contribution is 2.15. The molecule has 0 heterocycles. The highest BCUT2D eigenvalue weighted by Gasteiger charge is 2.07. The van der Waals surface area contributed by atoms with Crippen LogP contribution in [-0.2, 0) is 11.2 Å². The third-order valence-electron chi connectivity index (χ3n) is 3.45. The molecule has 1 N–H and O–H groups in total. The summed E-state index contributed by atoms with van der Waals surface area (Å²) in [6.45, 7) is 0.252. The van der Waals surface area contributed by atoms with Crippen LogP contribution in [0.1, 0.15) is 21.5 Å². The van der Waals surface area contributed by atoms with Crippen LogP contribution in [0, 0.1) is 11.8 Å². The molecule has 0 spiro atoms. The van der Waals surface area contributed by atoms with E-state index in [1.807, 2.05) is 18.2 Å². The standard InChI is InChI=1S/C20H19ClN2O2/c1-23(2)20(25)16-11-9-15(10-12-16)6-5-13-22-19(24)14-17-7-3-4-8-18(17)21/h3-4,7-12H,13-14H2,1-2H3,(H,22,24). The molecule has 0 bridgehead atoms. The number of hydrogen-bond donors (Lipinski definition) is 1. The van der Waals surface area contributed by atoms with E-state index in [1.54, 1.807) is 44.4 Å². The number of halogens is 1. The van der Waals surface area contributed by atoms with Crippen LogP contribution in [0.4, 0.5) is 0 Å². The lowest BCUT2D eigenvalue weighted by molar-refractivity contribution is -0.120. The maximum Gasteiger partial charge on any atom is 0.253 e. The molecule has 2 rings (SSSR count). The highest BCUT2D eigenvalue weighted by atomic mass is 35.5. The highest BCUT2D eigenvalue weighted by molar-refractivity contribution is 6.31. The van der Waals surface area contributed by atoms with Crippen LogP contribution >= 0.6 is 11.6 Å². The van der Waals surface area contributed by atoms with Gasteiger partial charge in [-0.1, -0.05) is 41.6 Å². The summed E-state index contributed by atoms with van der Waals surface area (Å²) in [5.74, 6) is 5.67. The Hall–Kier alpha value is -2.77. The van der Waals surface area contributed by atoms with Crippen molar-refractivity contribution in [1.82, 2.24) is 10.2 Å². The lowest BCUT2D eigenvalue weighted by Gasteiger charge is -2.09. The number of nitrogens with zero attached hydrogens (tertiary/aromatic N) is 1. The third-order valence-corrected chi connectivity index (χ3v) is 3.82. The quantitative estimate of drug-likeness (QED) is 0.858. The first kappa shape index (κ1) is 18.6. The molecule has 0 aliphatic heterocycles. The molecule has 2 aromatic carbocycles. The molecule has 2 aromatic rings. The van der Waals surface area contributed by atoms with Gasteiger partial charge in [-0.3, -0.25) is 9.59 Å². The van der Waals surface area contributed by atoms with Gasteiger partial charge in [0.25, 0.3) is 5.91 Å². The zero-order valence-electron chi connectivity index (χ0n) is 14.2. The summed E-state index contributed by atoms with van der Waals surface area (Å²) in [5, 5.41) is 3.32. The van der Waals surface area contributed by atoms with Crippen molar-refractivity contribution in [3.8, 4) is 11.8 Å². The van der Waals surface area contributed by atoms with Gasteiger partial charge in [-0.2, -0.15) is 0 Å². The van der Waals surface area contributed by atoms with Crippen LogP contribution in [0.5, 0.6) is 0 Å². The van der Waals surface area contributed by atoms with Crippen molar-refractivity contribution in [2.24, 2.45) is 0 Å². The number of nitrogens with one attached hydrogen (secondary N) is 1. The summed E-state index contributed by atoms with van der Waals surface area (Å²) >= 11 is 6.03. The van der Waals surface area contributed by atoms with Gasteiger partial charge in [0.15, 0.2) is 0 Å². The van der Waals surface area contributed by atoms with Crippen molar-refractivity contribution >= 4 is 23.4 Å². The Balaban J connectivity index is 1.85. The van der Waals surface area contributed by atoms with Gasteiger partial charge in [-0.25, -0.2) is 0 Å². The Bertz CT molecular complexity index is 818. The second-order valence-corrected chi connectivity index (χ2v) is 6.03. The van der Waals surface area contributed by atoms with Gasteiger partial charge in [-0.05, 0) is 35.9 Å². The summed E-state index contributed by atoms with van der Waals surface area (Å²) in [7, 11) is 3.42. The number of amides is 2. The van der Waals surface area contributed by atoms with Gasteiger partial charge in [0.2, 0.25) is 5.91 Å². The predicted molar refractivity (Wildman–Crippen MR) is 99.5 cm³/mol. The molecule has 0 atom stereocenters. The van der Waals surface area contributed by atoms with E-state index in [4.69, 9.17) is 11.6 Å². The molecule has 0 radical (unpaired) electrons. The smallest absolute Gasteiger partial charge is 0.253 e. The Morgan fingerprint density at radius 1 is 1.08 bits per heavy atom. The van der Waals surface area contributed by atoms with Crippen LogP contribution in [0.3, 0.4) is 0 Å². The average molecular weight is 355 g/mol. The molecule has 128 valence electrons. The summed E-state index contributed by atoms with van der Waals surface area (Å²) in [5.41, 5.74) is 2.19. The molecule has 2 amide bonds. The number of hydrogen-bond acceptors (Lipinski definition) is 2. The summed E-state index contributed by atoms with van der Waals surface area (Å²) in [4.78, 5) is 25.2. The fourth-order valence-corrected chi connectivity index (χ4v) is 2.32. The van der Waals surface area contributed by atoms with Crippen LogP contribution < -0.4 is 5.32 Å². The Kier molecular flexibility index (Phi) is 6.62. The van der Waals surface area contributed by atoms with Crippen molar-refractivity contribution in [2.75, 3.05) is 20.6 Å². The third kappa shape index (κ3) is 5.66. The fraction of sp³-hybridized carbons (Fsp3) is 0.200. The predicted octanol–water partition coefficient (Wildman–Crippen LogP) is 2.75. The molecular weight excluding hydrogens is 336 g/mol. The fourth-order valence-electron chi connectivity index (χ4n) is 2.12. The van der Waals surface area contributed by atoms with Gasteiger partial charge in [-0.15, -0.1) is 0 Å². The molecular formula is C20H19ClN2O2. The van der Waals surface area contributed by atoms with Crippen LogP contribution in [0.25, 0.3) is 0 Å². The van der Waals surface area contributed by atoms with Gasteiger partial charge < -0.3 is 10.2 Å². The van der Waals surface area contributed by atoms with E-state index in [1.165, 1.54) is 4.90 Å². The zero-order chi connectivity index (χ0) is 18.2. The van der Waals surface area contributed by atoms with E-state index >= 15 is 0 Å². The molecule has 0 aliphatic rings. The van der Waals surface area contributed by atoms with E-state index in [0.717, 1.165) is 11.1 Å². The maximum absolute atomic E-state index is 11.9. The Morgan fingerprint density at radius 2 is 1.76 bits per heavy atom. The van der Waals surface area contributed by atoms with Gasteiger partial charge >= 0.3 is 0 Å². The molecule has 0 fully saturated rings. The van der Waals surface area contributed by atoms with E-state index in [-0.39, 0.29) is 24.8 Å². The van der Waals surface area contributed by atoms with E-state index in [2.05, 4.69) is 17.2 Å². The molecule has 0 aromatic heterocycles. The lowest BCUT2D eigenvalue weighted by Crippen LogP contribution is -2.25. The summed E-state index contributed by atoms with van der Waals surface area (Å²) in [6.07, 6.45) is 0.225. The minimum atomic E-state index is -0.130. The first-order chi connectivity index (χ1) is 12.0. The van der Waals surface area contributed by atoms with Crippen molar-refractivity contribution in [1.29, 1.82) is 0 Å². The van der Waals surface area contributed by atoms with Gasteiger partial charge in [0.1, 0.15) is 0 Å². The van der Waals surface area contributed by atoms with Crippen LogP contribution in [0.15, 0.2) is 48.5 Å². The molecule has 0 unspecified atom stereocenters. The second kappa shape index (κ2) is 8.91. The zero-order valence-corrected chi connectivity index (χ0v) is 14.9. The Morgan fingerprint density at radius 3 is 2.40 bits per heavy atom. The lowest BCUT2D eigenvalue weighted by atomic mass is 10.1. The summed E-state index contributed by atoms with van der Waals surface area (Å²) in [6, 6.07) is 14.3. The SMILES string of the molecule is CN(C)C(=O)c1ccc(C#CCNC(=O)Cc2ccccc2Cl)cc1. The maximum atomic E-state index is 11.9. The van der Waals surface area contributed by atoms with Crippen molar-refractivity contribution in [3.05, 3.63) is 70.2 Å². The van der Waals surface area contributed by atoms with E-state index in [9.17, 15) is 9.59 Å². The van der Waals surface area contributed by atoms with E-state index in [0.29, 0.717) is 10.6 Å². The minimum Gasteiger partial charge on any atom is -0.345 e. The minimum absolute atomic E-state index is 0.0497. The first-order valence-corrected chi connectivity index (χ1v) is 8.16. The Labute approximate surface area is 152 Å². The van der Waals surface area contributed by atoms with Crippen molar-refractivity contribution in [2.45, 2.75) is 6.42 Å². The number of benzene rings is 2. The van der Waals surface area contributed by atoms with Crippen molar-refractivity contribution in [3.63, 3.8) is 0 Å². The molecule has 4 nitrogen and oxygen atoms in total. The molecule has 0 saturated heterocycles. The molecule has 0 aliphatic carbocycles. The monoisotopic (exact) mass is 354 g/mol. The first-order valence-electron chi connectivity index (χ1n) is 7.78.